The fourth-order valence-electron chi connectivity index (χ4n) is 5.16. The third-order valence-corrected chi connectivity index (χ3v) is 6.67. The van der Waals surface area contributed by atoms with Crippen molar-refractivity contribution < 1.29 is 14.7 Å². The first kappa shape index (κ1) is 19.5. The Morgan fingerprint density at radius 3 is 2.63 bits per heavy atom. The molecule has 2 amide bonds. The summed E-state index contributed by atoms with van der Waals surface area (Å²) in [4.78, 5) is 41.4. The van der Waals surface area contributed by atoms with Gasteiger partial charge in [-0.15, -0.1) is 0 Å². The summed E-state index contributed by atoms with van der Waals surface area (Å²) in [6.45, 7) is 4.84. The molecule has 1 unspecified atom stereocenters. The average molecular weight is 413 g/mol. The van der Waals surface area contributed by atoms with Crippen LogP contribution in [0.15, 0.2) is 16.9 Å². The number of nitrogens with zero attached hydrogens (tertiary/aromatic N) is 4. The number of likely N-dealkylation sites (tertiary alicyclic amines) is 1. The van der Waals surface area contributed by atoms with Gasteiger partial charge in [-0.05, 0) is 36.5 Å². The van der Waals surface area contributed by atoms with Gasteiger partial charge in [-0.25, -0.2) is 4.79 Å². The minimum absolute atomic E-state index is 0.143. The molecule has 0 saturated carbocycles. The molecule has 0 radical (unpaired) electrons. The summed E-state index contributed by atoms with van der Waals surface area (Å²) in [5, 5.41) is 12.8. The Bertz CT molecular complexity index is 1070. The second-order valence-corrected chi connectivity index (χ2v) is 8.36. The predicted molar refractivity (Wildman–Crippen MR) is 110 cm³/mol. The van der Waals surface area contributed by atoms with E-state index in [1.165, 1.54) is 11.1 Å². The van der Waals surface area contributed by atoms with Crippen LogP contribution in [0, 0.1) is 0 Å². The molecular formula is C21H27N5O4. The van der Waals surface area contributed by atoms with E-state index in [2.05, 4.69) is 16.3 Å². The number of piperazine rings is 1. The minimum atomic E-state index is -0.754. The maximum absolute atomic E-state index is 13.3. The van der Waals surface area contributed by atoms with Gasteiger partial charge in [0.25, 0.3) is 5.91 Å². The Balaban J connectivity index is 1.59. The number of hydrogen-bond acceptors (Lipinski definition) is 6. The van der Waals surface area contributed by atoms with Crippen LogP contribution in [0.25, 0.3) is 11.0 Å². The molecule has 0 aliphatic carbocycles. The standard InChI is InChI=1S/C21H27N5O4/c27-13-25-18(28)6-5-17(20(25)29)26-16-4-3-14(12-23-10-7-22-8-11-23)15-2-1-9-24(19(15)16)21(26)30/h3-4,17,22,27H,1-2,5-13H2. The van der Waals surface area contributed by atoms with Crippen LogP contribution in [-0.2, 0) is 29.1 Å². The molecule has 1 atom stereocenters. The number of rotatable bonds is 4. The van der Waals surface area contributed by atoms with Gasteiger partial charge in [0.05, 0.1) is 11.0 Å². The molecule has 0 spiro atoms. The van der Waals surface area contributed by atoms with Crippen molar-refractivity contribution in [2.24, 2.45) is 0 Å². The maximum atomic E-state index is 13.3. The summed E-state index contributed by atoms with van der Waals surface area (Å²) in [6, 6.07) is 3.29. The number of aryl methyl sites for hydroxylation is 2. The summed E-state index contributed by atoms with van der Waals surface area (Å²) in [6.07, 6.45) is 2.24. The van der Waals surface area contributed by atoms with Crippen molar-refractivity contribution >= 4 is 22.8 Å². The SMILES string of the molecule is O=C1CCC(n2c(=O)n3c4c(c(CN5CCNCC5)ccc42)CCC3)C(=O)N1CO. The summed E-state index contributed by atoms with van der Waals surface area (Å²) >= 11 is 0. The molecule has 2 aromatic rings. The topological polar surface area (TPSA) is 99.8 Å². The lowest BCUT2D eigenvalue weighted by molar-refractivity contribution is -0.155. The van der Waals surface area contributed by atoms with Gasteiger partial charge in [0.15, 0.2) is 0 Å². The summed E-state index contributed by atoms with van der Waals surface area (Å²) < 4.78 is 3.35. The van der Waals surface area contributed by atoms with Crippen LogP contribution >= 0.6 is 0 Å². The Morgan fingerprint density at radius 2 is 1.87 bits per heavy atom. The molecule has 2 N–H and O–H groups in total. The van der Waals surface area contributed by atoms with E-state index in [1.807, 2.05) is 6.07 Å². The van der Waals surface area contributed by atoms with Gasteiger partial charge in [-0.1, -0.05) is 6.07 Å². The maximum Gasteiger partial charge on any atom is 0.329 e. The van der Waals surface area contributed by atoms with Crippen LogP contribution in [0.3, 0.4) is 0 Å². The van der Waals surface area contributed by atoms with Crippen molar-refractivity contribution in [2.75, 3.05) is 32.9 Å². The van der Waals surface area contributed by atoms with Crippen molar-refractivity contribution in [1.29, 1.82) is 0 Å². The van der Waals surface area contributed by atoms with Crippen molar-refractivity contribution in [3.63, 3.8) is 0 Å². The van der Waals surface area contributed by atoms with Gasteiger partial charge in [-0.3, -0.25) is 28.5 Å². The van der Waals surface area contributed by atoms with E-state index >= 15 is 0 Å². The second kappa shape index (κ2) is 7.64. The van der Waals surface area contributed by atoms with Crippen LogP contribution in [-0.4, -0.2) is 68.8 Å². The molecule has 2 fully saturated rings. The molecule has 30 heavy (non-hydrogen) atoms. The zero-order chi connectivity index (χ0) is 20.8. The number of imidazole rings is 1. The summed E-state index contributed by atoms with van der Waals surface area (Å²) in [5.41, 5.74) is 3.93. The number of piperidine rings is 1. The molecule has 0 bridgehead atoms. The number of aliphatic hydroxyl groups excluding tert-OH is 1. The van der Waals surface area contributed by atoms with E-state index in [9.17, 15) is 19.5 Å². The Kier molecular flexibility index (Phi) is 4.96. The average Bonchev–Trinajstić information content (AvgIpc) is 3.05. The Morgan fingerprint density at radius 1 is 1.07 bits per heavy atom. The third kappa shape index (κ3) is 3.00. The molecule has 9 heteroatoms. The normalized spacial score (nSPS) is 22.8. The van der Waals surface area contributed by atoms with Crippen LogP contribution in [0.5, 0.6) is 0 Å². The fraction of sp³-hybridized carbons (Fsp3) is 0.571. The van der Waals surface area contributed by atoms with Gasteiger partial charge in [0.2, 0.25) is 5.91 Å². The highest BCUT2D eigenvalue weighted by Crippen LogP contribution is 2.32. The summed E-state index contributed by atoms with van der Waals surface area (Å²) in [5.74, 6) is -0.889. The van der Waals surface area contributed by atoms with Crippen LogP contribution in [0.1, 0.15) is 36.4 Å². The van der Waals surface area contributed by atoms with Crippen molar-refractivity contribution in [3.8, 4) is 0 Å². The molecule has 3 aliphatic rings. The van der Waals surface area contributed by atoms with E-state index < -0.39 is 18.7 Å². The number of benzene rings is 1. The first-order valence-electron chi connectivity index (χ1n) is 10.7. The lowest BCUT2D eigenvalue weighted by Crippen LogP contribution is -2.48. The van der Waals surface area contributed by atoms with Gasteiger partial charge >= 0.3 is 5.69 Å². The van der Waals surface area contributed by atoms with Crippen LogP contribution < -0.4 is 11.0 Å². The number of aliphatic hydroxyl groups is 1. The first-order chi connectivity index (χ1) is 14.6. The number of carbonyl (C=O) groups excluding carboxylic acids is 2. The van der Waals surface area contributed by atoms with E-state index in [-0.39, 0.29) is 24.4 Å². The third-order valence-electron chi connectivity index (χ3n) is 6.67. The Hall–Kier alpha value is -2.49. The molecule has 5 rings (SSSR count). The van der Waals surface area contributed by atoms with Gasteiger partial charge in [-0.2, -0.15) is 0 Å². The molecule has 3 aliphatic heterocycles. The number of amides is 2. The van der Waals surface area contributed by atoms with E-state index in [0.29, 0.717) is 6.54 Å². The highest BCUT2D eigenvalue weighted by Gasteiger charge is 2.38. The molecule has 9 nitrogen and oxygen atoms in total. The summed E-state index contributed by atoms with van der Waals surface area (Å²) in [7, 11) is 0. The lowest BCUT2D eigenvalue weighted by atomic mass is 9.97. The second-order valence-electron chi connectivity index (χ2n) is 8.36. The van der Waals surface area contributed by atoms with Gasteiger partial charge in [0.1, 0.15) is 12.8 Å². The fourth-order valence-corrected chi connectivity index (χ4v) is 5.16. The van der Waals surface area contributed by atoms with Gasteiger partial charge < -0.3 is 10.4 Å². The highest BCUT2D eigenvalue weighted by molar-refractivity contribution is 6.00. The zero-order valence-electron chi connectivity index (χ0n) is 17.0. The number of hydrogen-bond donors (Lipinski definition) is 2. The molecule has 160 valence electrons. The van der Waals surface area contributed by atoms with Crippen LogP contribution in [0.4, 0.5) is 0 Å². The zero-order valence-corrected chi connectivity index (χ0v) is 17.0. The largest absolute Gasteiger partial charge is 0.376 e. The quantitative estimate of drug-likeness (QED) is 0.674. The number of nitrogens with one attached hydrogen (secondary N) is 1. The molecule has 2 saturated heterocycles. The van der Waals surface area contributed by atoms with Gasteiger partial charge in [0, 0.05) is 45.7 Å². The monoisotopic (exact) mass is 413 g/mol. The van der Waals surface area contributed by atoms with E-state index in [4.69, 9.17) is 0 Å². The predicted octanol–water partition coefficient (Wildman–Crippen LogP) is -0.206. The van der Waals surface area contributed by atoms with Crippen molar-refractivity contribution in [2.45, 2.75) is 44.8 Å². The number of imide groups is 1. The minimum Gasteiger partial charge on any atom is -0.376 e. The van der Waals surface area contributed by atoms with E-state index in [0.717, 1.165) is 61.5 Å². The van der Waals surface area contributed by atoms with E-state index in [1.54, 1.807) is 9.13 Å². The van der Waals surface area contributed by atoms with Crippen molar-refractivity contribution in [1.82, 2.24) is 24.3 Å². The highest BCUT2D eigenvalue weighted by atomic mass is 16.3. The molecular weight excluding hydrogens is 386 g/mol. The molecule has 4 heterocycles. The van der Waals surface area contributed by atoms with Crippen molar-refractivity contribution in [3.05, 3.63) is 33.7 Å². The number of carbonyl (C=O) groups is 2. The number of aromatic nitrogens is 2. The molecule has 1 aromatic heterocycles. The van der Waals surface area contributed by atoms with Crippen LogP contribution in [0.2, 0.25) is 0 Å². The smallest absolute Gasteiger partial charge is 0.329 e. The lowest BCUT2D eigenvalue weighted by Gasteiger charge is -2.30. The molecule has 1 aromatic carbocycles. The Labute approximate surface area is 173 Å². The first-order valence-corrected chi connectivity index (χ1v) is 10.7.